The second-order valence-electron chi connectivity index (χ2n) is 5.67. The van der Waals surface area contributed by atoms with Gasteiger partial charge in [-0.05, 0) is 40.6 Å². The molecule has 0 N–H and O–H groups in total. The second kappa shape index (κ2) is 6.32. The van der Waals surface area contributed by atoms with E-state index in [1.807, 2.05) is 54.6 Å². The minimum absolute atomic E-state index is 0.105. The predicted molar refractivity (Wildman–Crippen MR) is 96.4 cm³/mol. The molecule has 0 saturated heterocycles. The van der Waals surface area contributed by atoms with E-state index in [1.165, 1.54) is 0 Å². The molecule has 4 nitrogen and oxygen atoms in total. The summed E-state index contributed by atoms with van der Waals surface area (Å²) in [6.45, 7) is 0.231. The highest BCUT2D eigenvalue weighted by molar-refractivity contribution is 6.16. The van der Waals surface area contributed by atoms with E-state index in [-0.39, 0.29) is 12.6 Å². The molecule has 3 aromatic rings. The number of hydrogen-bond donors (Lipinski definition) is 0. The molecule has 0 saturated carbocycles. The molecule has 0 aliphatic carbocycles. The van der Waals surface area contributed by atoms with Gasteiger partial charge in [-0.25, -0.2) is 0 Å². The van der Waals surface area contributed by atoms with E-state index < -0.39 is 0 Å². The number of allylic oxidation sites excluding steroid dienone is 1. The summed E-state index contributed by atoms with van der Waals surface area (Å²) >= 11 is 0. The molecule has 0 atom stereocenters. The molecule has 3 aromatic carbocycles. The van der Waals surface area contributed by atoms with Crippen LogP contribution >= 0.6 is 0 Å². The number of benzene rings is 3. The molecule has 0 unspecified atom stereocenters. The molecule has 0 fully saturated rings. The Bertz CT molecular complexity index is 988. The Balaban J connectivity index is 1.70. The van der Waals surface area contributed by atoms with Crippen LogP contribution in [-0.2, 0) is 0 Å². The summed E-state index contributed by atoms with van der Waals surface area (Å²) in [4.78, 5) is 12.8. The van der Waals surface area contributed by atoms with E-state index in [0.717, 1.165) is 22.1 Å². The van der Waals surface area contributed by atoms with Gasteiger partial charge >= 0.3 is 0 Å². The number of ketones is 1. The van der Waals surface area contributed by atoms with Gasteiger partial charge in [0.25, 0.3) is 0 Å². The number of carbonyl (C=O) groups is 1. The Kier molecular flexibility index (Phi) is 3.86. The lowest BCUT2D eigenvalue weighted by Crippen LogP contribution is -2.00. The molecule has 1 aliphatic heterocycles. The highest BCUT2D eigenvalue weighted by atomic mass is 16.7. The van der Waals surface area contributed by atoms with Crippen LogP contribution in [-0.4, -0.2) is 19.7 Å². The van der Waals surface area contributed by atoms with Gasteiger partial charge < -0.3 is 14.2 Å². The number of ether oxygens (including phenoxy) is 3. The Morgan fingerprint density at radius 3 is 2.76 bits per heavy atom. The average molecular weight is 332 g/mol. The van der Waals surface area contributed by atoms with Crippen molar-refractivity contribution in [1.82, 2.24) is 0 Å². The molecule has 0 radical (unpaired) electrons. The molecular formula is C21H16O4. The smallest absolute Gasteiger partial charge is 0.231 e. The zero-order valence-electron chi connectivity index (χ0n) is 13.7. The van der Waals surface area contributed by atoms with Crippen LogP contribution in [0.15, 0.2) is 60.7 Å². The number of fused-ring (bicyclic) bond motifs is 2. The van der Waals surface area contributed by atoms with Gasteiger partial charge in [-0.1, -0.05) is 42.5 Å². The quantitative estimate of drug-likeness (QED) is 0.522. The van der Waals surface area contributed by atoms with E-state index in [9.17, 15) is 4.79 Å². The summed E-state index contributed by atoms with van der Waals surface area (Å²) in [6, 6.07) is 17.1. The fraction of sp³-hybridized carbons (Fsp3) is 0.0952. The van der Waals surface area contributed by atoms with E-state index in [1.54, 1.807) is 19.3 Å². The first-order valence-electron chi connectivity index (χ1n) is 7.94. The zero-order valence-corrected chi connectivity index (χ0v) is 13.7. The molecule has 1 aliphatic rings. The third-order valence-corrected chi connectivity index (χ3v) is 4.18. The van der Waals surface area contributed by atoms with Crippen LogP contribution in [0.2, 0.25) is 0 Å². The lowest BCUT2D eigenvalue weighted by molar-refractivity contribution is 0.104. The number of methoxy groups -OCH3 is 1. The predicted octanol–water partition coefficient (Wildman–Crippen LogP) is 4.47. The van der Waals surface area contributed by atoms with Gasteiger partial charge in [0.2, 0.25) is 6.79 Å². The maximum absolute atomic E-state index is 12.8. The fourth-order valence-corrected chi connectivity index (χ4v) is 2.95. The first-order chi connectivity index (χ1) is 12.3. The van der Waals surface area contributed by atoms with Crippen LogP contribution in [0, 0.1) is 0 Å². The first kappa shape index (κ1) is 15.3. The molecule has 25 heavy (non-hydrogen) atoms. The van der Waals surface area contributed by atoms with Crippen molar-refractivity contribution in [2.75, 3.05) is 13.9 Å². The van der Waals surface area contributed by atoms with Crippen LogP contribution in [0.4, 0.5) is 0 Å². The normalized spacial score (nSPS) is 12.7. The summed E-state index contributed by atoms with van der Waals surface area (Å²) in [5.74, 6) is 1.88. The van der Waals surface area contributed by atoms with Gasteiger partial charge in [0, 0.05) is 0 Å². The Labute approximate surface area is 145 Å². The number of rotatable bonds is 4. The summed E-state index contributed by atoms with van der Waals surface area (Å²) in [6.07, 6.45) is 3.33. The molecule has 4 heteroatoms. The van der Waals surface area contributed by atoms with Crippen molar-refractivity contribution in [2.45, 2.75) is 0 Å². The standard InChI is InChI=1S/C21H16O4/c1-23-19-11-8-15-4-2-3-5-16(15)21(19)17(22)9-6-14-7-10-18-20(12-14)25-13-24-18/h2-12H,13H2,1H3/b9-6+. The number of hydrogen-bond acceptors (Lipinski definition) is 4. The van der Waals surface area contributed by atoms with Crippen LogP contribution in [0.3, 0.4) is 0 Å². The van der Waals surface area contributed by atoms with Gasteiger partial charge in [0.05, 0.1) is 12.7 Å². The van der Waals surface area contributed by atoms with Crippen LogP contribution in [0.25, 0.3) is 16.8 Å². The van der Waals surface area contributed by atoms with Gasteiger partial charge in [0.1, 0.15) is 5.75 Å². The molecule has 0 amide bonds. The largest absolute Gasteiger partial charge is 0.496 e. The Morgan fingerprint density at radius 1 is 1.04 bits per heavy atom. The average Bonchev–Trinajstić information content (AvgIpc) is 3.13. The summed E-state index contributed by atoms with van der Waals surface area (Å²) in [5, 5.41) is 1.88. The lowest BCUT2D eigenvalue weighted by Gasteiger charge is -2.09. The topological polar surface area (TPSA) is 44.8 Å². The Hall–Kier alpha value is -3.27. The fourth-order valence-electron chi connectivity index (χ4n) is 2.95. The molecule has 1 heterocycles. The maximum atomic E-state index is 12.8. The molecule has 4 rings (SSSR count). The SMILES string of the molecule is COc1ccc2ccccc2c1C(=O)/C=C/c1ccc2c(c1)OCO2. The van der Waals surface area contributed by atoms with E-state index in [0.29, 0.717) is 17.1 Å². The third kappa shape index (κ3) is 2.83. The third-order valence-electron chi connectivity index (χ3n) is 4.18. The van der Waals surface area contributed by atoms with Crippen molar-refractivity contribution in [3.8, 4) is 17.2 Å². The van der Waals surface area contributed by atoms with Crippen LogP contribution < -0.4 is 14.2 Å². The molecular weight excluding hydrogens is 316 g/mol. The van der Waals surface area contributed by atoms with E-state index in [4.69, 9.17) is 14.2 Å². The summed E-state index contributed by atoms with van der Waals surface area (Å²) in [5.41, 5.74) is 1.44. The minimum Gasteiger partial charge on any atom is -0.496 e. The Morgan fingerprint density at radius 2 is 1.88 bits per heavy atom. The maximum Gasteiger partial charge on any atom is 0.231 e. The lowest BCUT2D eigenvalue weighted by atomic mass is 9.99. The van der Waals surface area contributed by atoms with Crippen LogP contribution in [0.5, 0.6) is 17.2 Å². The van der Waals surface area contributed by atoms with Gasteiger partial charge in [-0.3, -0.25) is 4.79 Å². The van der Waals surface area contributed by atoms with Crippen molar-refractivity contribution in [3.05, 3.63) is 71.8 Å². The van der Waals surface area contributed by atoms with Crippen molar-refractivity contribution >= 4 is 22.6 Å². The van der Waals surface area contributed by atoms with Crippen molar-refractivity contribution in [3.63, 3.8) is 0 Å². The molecule has 0 bridgehead atoms. The second-order valence-corrected chi connectivity index (χ2v) is 5.67. The van der Waals surface area contributed by atoms with Gasteiger partial charge in [0.15, 0.2) is 17.3 Å². The first-order valence-corrected chi connectivity index (χ1v) is 7.94. The van der Waals surface area contributed by atoms with Gasteiger partial charge in [-0.2, -0.15) is 0 Å². The van der Waals surface area contributed by atoms with E-state index >= 15 is 0 Å². The number of carbonyl (C=O) groups excluding carboxylic acids is 1. The van der Waals surface area contributed by atoms with Gasteiger partial charge in [-0.15, -0.1) is 0 Å². The van der Waals surface area contributed by atoms with Crippen LogP contribution in [0.1, 0.15) is 15.9 Å². The summed E-state index contributed by atoms with van der Waals surface area (Å²) < 4.78 is 16.1. The van der Waals surface area contributed by atoms with Crippen molar-refractivity contribution < 1.29 is 19.0 Å². The minimum atomic E-state index is -0.105. The monoisotopic (exact) mass is 332 g/mol. The molecule has 124 valence electrons. The van der Waals surface area contributed by atoms with Crippen molar-refractivity contribution in [1.29, 1.82) is 0 Å². The molecule has 0 aromatic heterocycles. The highest BCUT2D eigenvalue weighted by Crippen LogP contribution is 2.33. The van der Waals surface area contributed by atoms with E-state index in [2.05, 4.69) is 0 Å². The zero-order chi connectivity index (χ0) is 17.2. The highest BCUT2D eigenvalue weighted by Gasteiger charge is 2.15. The van der Waals surface area contributed by atoms with Crippen molar-refractivity contribution in [2.24, 2.45) is 0 Å². The molecule has 0 spiro atoms. The summed E-state index contributed by atoms with van der Waals surface area (Å²) in [7, 11) is 1.57.